The van der Waals surface area contributed by atoms with Crippen LogP contribution in [0.1, 0.15) is 31.2 Å². The second kappa shape index (κ2) is 8.82. The topological polar surface area (TPSA) is 59.4 Å². The van der Waals surface area contributed by atoms with Gasteiger partial charge < -0.3 is 9.47 Å². The van der Waals surface area contributed by atoms with E-state index in [1.807, 2.05) is 23.1 Å². The Labute approximate surface area is 182 Å². The fourth-order valence-corrected chi connectivity index (χ4v) is 5.74. The van der Waals surface area contributed by atoms with Crippen LogP contribution in [0.5, 0.6) is 0 Å². The molecule has 1 aromatic heterocycles. The highest BCUT2D eigenvalue weighted by molar-refractivity contribution is 7.90. The summed E-state index contributed by atoms with van der Waals surface area (Å²) in [6.07, 6.45) is 5.98. The molecule has 0 radical (unpaired) electrons. The highest BCUT2D eigenvalue weighted by Gasteiger charge is 2.23. The quantitative estimate of drug-likeness (QED) is 0.574. The number of carbonyl (C=O) groups is 1. The number of likely N-dealkylation sites (tertiary alicyclic amines) is 1. The zero-order chi connectivity index (χ0) is 21.1. The molecule has 30 heavy (non-hydrogen) atoms. The Bertz CT molecular complexity index is 1140. The van der Waals surface area contributed by atoms with Gasteiger partial charge in [0, 0.05) is 35.2 Å². The average molecular weight is 445 g/mol. The molecule has 0 N–H and O–H groups in total. The van der Waals surface area contributed by atoms with E-state index in [9.17, 15) is 13.2 Å². The molecule has 0 aliphatic carbocycles. The van der Waals surface area contributed by atoms with Crippen molar-refractivity contribution in [3.05, 3.63) is 65.3 Å². The van der Waals surface area contributed by atoms with Gasteiger partial charge in [0.25, 0.3) is 0 Å². The van der Waals surface area contributed by atoms with Crippen molar-refractivity contribution in [2.75, 3.05) is 13.1 Å². The Morgan fingerprint density at radius 2 is 1.60 bits per heavy atom. The third-order valence-corrected chi connectivity index (χ3v) is 7.58. The first-order chi connectivity index (χ1) is 14.4. The summed E-state index contributed by atoms with van der Waals surface area (Å²) < 4.78 is 28.2. The van der Waals surface area contributed by atoms with Crippen molar-refractivity contribution in [1.29, 1.82) is 0 Å². The highest BCUT2D eigenvalue weighted by Crippen LogP contribution is 2.28. The van der Waals surface area contributed by atoms with Crippen LogP contribution >= 0.6 is 11.6 Å². The summed E-state index contributed by atoms with van der Waals surface area (Å²) in [7, 11) is -3.59. The number of amides is 1. The van der Waals surface area contributed by atoms with Crippen LogP contribution in [0.25, 0.3) is 10.9 Å². The highest BCUT2D eigenvalue weighted by atomic mass is 35.5. The molecule has 1 aliphatic rings. The molecule has 0 unspecified atom stereocenters. The van der Waals surface area contributed by atoms with Gasteiger partial charge in [0.05, 0.1) is 10.6 Å². The predicted octanol–water partition coefficient (Wildman–Crippen LogP) is 4.67. The second-order valence-electron chi connectivity index (χ2n) is 7.82. The lowest BCUT2D eigenvalue weighted by Gasteiger charge is -2.20. The van der Waals surface area contributed by atoms with Crippen LogP contribution in [0, 0.1) is 0 Å². The molecule has 0 saturated carbocycles. The number of para-hydroxylation sites is 1. The Kier molecular flexibility index (Phi) is 6.16. The molecule has 1 saturated heterocycles. The van der Waals surface area contributed by atoms with Crippen LogP contribution in [0.4, 0.5) is 0 Å². The van der Waals surface area contributed by atoms with Crippen molar-refractivity contribution < 1.29 is 13.2 Å². The first kappa shape index (κ1) is 20.9. The molecule has 158 valence electrons. The molecule has 7 heteroatoms. The van der Waals surface area contributed by atoms with Gasteiger partial charge in [0.15, 0.2) is 9.84 Å². The van der Waals surface area contributed by atoms with Crippen LogP contribution in [-0.4, -0.2) is 36.9 Å². The fourth-order valence-electron chi connectivity index (χ4n) is 4.04. The van der Waals surface area contributed by atoms with Gasteiger partial charge in [-0.1, -0.05) is 54.8 Å². The third-order valence-electron chi connectivity index (χ3n) is 5.62. The van der Waals surface area contributed by atoms with Crippen LogP contribution < -0.4 is 0 Å². The minimum absolute atomic E-state index is 0.0410. The molecular formula is C23H25ClN2O3S. The number of sulfone groups is 1. The zero-order valence-electron chi connectivity index (χ0n) is 16.8. The smallest absolute Gasteiger partial charge is 0.242 e. The van der Waals surface area contributed by atoms with E-state index in [1.165, 1.54) is 0 Å². The Hall–Kier alpha value is -2.31. The minimum atomic E-state index is -3.59. The number of fused-ring (bicyclic) bond motifs is 1. The van der Waals surface area contributed by atoms with E-state index in [1.54, 1.807) is 41.1 Å². The van der Waals surface area contributed by atoms with Gasteiger partial charge in [0.1, 0.15) is 6.54 Å². The second-order valence-corrected chi connectivity index (χ2v) is 10.2. The summed E-state index contributed by atoms with van der Waals surface area (Å²) in [6.45, 7) is 1.70. The molecule has 1 aliphatic heterocycles. The van der Waals surface area contributed by atoms with Gasteiger partial charge >= 0.3 is 0 Å². The summed E-state index contributed by atoms with van der Waals surface area (Å²) >= 11 is 5.92. The van der Waals surface area contributed by atoms with Crippen LogP contribution in [0.15, 0.2) is 59.6 Å². The molecule has 0 atom stereocenters. The van der Waals surface area contributed by atoms with Crippen molar-refractivity contribution >= 4 is 38.2 Å². The van der Waals surface area contributed by atoms with E-state index < -0.39 is 9.84 Å². The van der Waals surface area contributed by atoms with E-state index in [-0.39, 0.29) is 23.1 Å². The standard InChI is InChI=1S/C23H25ClN2O3S/c24-19-11-9-18(10-12-19)17-30(28,29)22-15-26(21-8-4-3-7-20(21)22)16-23(27)25-13-5-1-2-6-14-25/h3-4,7-12,15H,1-2,5-6,13-14,16-17H2. The maximum atomic E-state index is 13.2. The number of benzene rings is 2. The summed E-state index contributed by atoms with van der Waals surface area (Å²) in [5, 5.41) is 1.22. The Morgan fingerprint density at radius 1 is 0.933 bits per heavy atom. The van der Waals surface area contributed by atoms with E-state index in [4.69, 9.17) is 11.6 Å². The molecule has 5 nitrogen and oxygen atoms in total. The number of carbonyl (C=O) groups excluding carboxylic acids is 1. The van der Waals surface area contributed by atoms with Gasteiger partial charge in [-0.2, -0.15) is 0 Å². The molecule has 0 bridgehead atoms. The van der Waals surface area contributed by atoms with E-state index >= 15 is 0 Å². The predicted molar refractivity (Wildman–Crippen MR) is 119 cm³/mol. The van der Waals surface area contributed by atoms with Gasteiger partial charge in [0.2, 0.25) is 5.91 Å². The first-order valence-corrected chi connectivity index (χ1v) is 12.3. The normalized spacial score (nSPS) is 15.3. The lowest BCUT2D eigenvalue weighted by Crippen LogP contribution is -2.34. The fraction of sp³-hybridized carbons (Fsp3) is 0.348. The molecule has 1 amide bonds. The monoisotopic (exact) mass is 444 g/mol. The van der Waals surface area contributed by atoms with Crippen molar-refractivity contribution in [3.63, 3.8) is 0 Å². The van der Waals surface area contributed by atoms with Crippen molar-refractivity contribution in [2.45, 2.75) is 42.9 Å². The largest absolute Gasteiger partial charge is 0.341 e. The number of aromatic nitrogens is 1. The summed E-state index contributed by atoms with van der Waals surface area (Å²) in [5.41, 5.74) is 1.44. The zero-order valence-corrected chi connectivity index (χ0v) is 18.3. The van der Waals surface area contributed by atoms with Crippen LogP contribution in [0.2, 0.25) is 5.02 Å². The number of hydrogen-bond donors (Lipinski definition) is 0. The minimum Gasteiger partial charge on any atom is -0.341 e. The van der Waals surface area contributed by atoms with Gasteiger partial charge in [-0.25, -0.2) is 8.42 Å². The van der Waals surface area contributed by atoms with Gasteiger partial charge in [-0.3, -0.25) is 4.79 Å². The van der Waals surface area contributed by atoms with E-state index in [0.29, 0.717) is 16.0 Å². The molecule has 2 heterocycles. The van der Waals surface area contributed by atoms with Crippen molar-refractivity contribution in [1.82, 2.24) is 9.47 Å². The van der Waals surface area contributed by atoms with Crippen LogP contribution in [-0.2, 0) is 26.9 Å². The molecule has 2 aromatic carbocycles. The summed E-state index contributed by atoms with van der Waals surface area (Å²) in [6, 6.07) is 14.2. The molecule has 1 fully saturated rings. The number of halogens is 1. The number of nitrogens with zero attached hydrogens (tertiary/aromatic N) is 2. The third kappa shape index (κ3) is 4.55. The van der Waals surface area contributed by atoms with Crippen LogP contribution in [0.3, 0.4) is 0 Å². The SMILES string of the molecule is O=C(Cn1cc(S(=O)(=O)Cc2ccc(Cl)cc2)c2ccccc21)N1CCCCCC1. The summed E-state index contributed by atoms with van der Waals surface area (Å²) in [4.78, 5) is 15.1. The van der Waals surface area contributed by atoms with Crippen molar-refractivity contribution in [3.8, 4) is 0 Å². The van der Waals surface area contributed by atoms with Gasteiger partial charge in [-0.15, -0.1) is 0 Å². The Balaban J connectivity index is 1.64. The maximum absolute atomic E-state index is 13.2. The van der Waals surface area contributed by atoms with E-state index in [2.05, 4.69) is 0 Å². The lowest BCUT2D eigenvalue weighted by atomic mass is 10.2. The van der Waals surface area contributed by atoms with Crippen molar-refractivity contribution in [2.24, 2.45) is 0 Å². The summed E-state index contributed by atoms with van der Waals surface area (Å²) in [5.74, 6) is -0.0718. The average Bonchev–Trinajstić information content (AvgIpc) is 2.90. The number of hydrogen-bond acceptors (Lipinski definition) is 3. The Morgan fingerprint density at radius 3 is 2.30 bits per heavy atom. The first-order valence-electron chi connectivity index (χ1n) is 10.3. The van der Waals surface area contributed by atoms with Gasteiger partial charge in [-0.05, 0) is 36.6 Å². The molecular weight excluding hydrogens is 420 g/mol. The molecule has 4 rings (SSSR count). The molecule has 0 spiro atoms. The van der Waals surface area contributed by atoms with E-state index in [0.717, 1.165) is 44.3 Å². The maximum Gasteiger partial charge on any atom is 0.242 e. The lowest BCUT2D eigenvalue weighted by molar-refractivity contribution is -0.131. The molecule has 3 aromatic rings. The number of rotatable bonds is 5.